The molecule has 0 aliphatic carbocycles. The van der Waals surface area contributed by atoms with Crippen LogP contribution in [0, 0.1) is 0 Å². The van der Waals surface area contributed by atoms with Gasteiger partial charge >= 0.3 is 0 Å². The molecule has 186 valence electrons. The Kier molecular flexibility index (Phi) is 6.70. The van der Waals surface area contributed by atoms with Crippen LogP contribution in [0.5, 0.6) is 5.75 Å². The van der Waals surface area contributed by atoms with Crippen LogP contribution in [0.1, 0.15) is 11.4 Å². The number of nitrogens with one attached hydrogen (secondary N) is 2. The van der Waals surface area contributed by atoms with Gasteiger partial charge in [0, 0.05) is 55.2 Å². The normalized spacial score (nSPS) is 16.4. The topological polar surface area (TPSA) is 113 Å². The summed E-state index contributed by atoms with van der Waals surface area (Å²) in [5.74, 6) is 1.93. The molecule has 1 saturated heterocycles. The molecule has 2 aromatic carbocycles. The van der Waals surface area contributed by atoms with Crippen molar-refractivity contribution in [2.75, 3.05) is 43.6 Å². The van der Waals surface area contributed by atoms with Gasteiger partial charge in [0.05, 0.1) is 49.5 Å². The van der Waals surface area contributed by atoms with E-state index in [1.54, 1.807) is 19.5 Å². The summed E-state index contributed by atoms with van der Waals surface area (Å²) in [5, 5.41) is 21.0. The first-order chi connectivity index (χ1) is 17.6. The maximum absolute atomic E-state index is 9.51. The van der Waals surface area contributed by atoms with Gasteiger partial charge in [0.25, 0.3) is 0 Å². The number of morpholine rings is 1. The number of ether oxygens (including phenoxy) is 2. The van der Waals surface area contributed by atoms with E-state index in [1.165, 1.54) is 0 Å². The number of nitrogens with zero attached hydrogens (tertiary/aromatic N) is 5. The summed E-state index contributed by atoms with van der Waals surface area (Å²) in [6.07, 6.45) is 5.16. The molecule has 1 aliphatic rings. The summed E-state index contributed by atoms with van der Waals surface area (Å²) >= 11 is 0. The minimum Gasteiger partial charge on any atom is -0.495 e. The van der Waals surface area contributed by atoms with E-state index in [-0.39, 0.29) is 12.7 Å². The summed E-state index contributed by atoms with van der Waals surface area (Å²) in [6.45, 7) is 6.06. The third kappa shape index (κ3) is 4.81. The molecule has 4 aromatic rings. The van der Waals surface area contributed by atoms with Crippen molar-refractivity contribution >= 4 is 33.8 Å². The monoisotopic (exact) mass is 487 g/mol. The summed E-state index contributed by atoms with van der Waals surface area (Å²) < 4.78 is 13.2. The third-order valence-electron chi connectivity index (χ3n) is 6.18. The first-order valence-electron chi connectivity index (χ1n) is 11.7. The van der Waals surface area contributed by atoms with E-state index in [4.69, 9.17) is 14.5 Å². The third-order valence-corrected chi connectivity index (χ3v) is 6.18. The minimum absolute atomic E-state index is 0.0147. The van der Waals surface area contributed by atoms with E-state index < -0.39 is 0 Å². The fourth-order valence-electron chi connectivity index (χ4n) is 4.25. The molecule has 3 N–H and O–H groups in total. The van der Waals surface area contributed by atoms with Crippen LogP contribution < -0.4 is 15.0 Å². The van der Waals surface area contributed by atoms with Crippen LogP contribution in [0.4, 0.5) is 11.4 Å². The van der Waals surface area contributed by atoms with Crippen LogP contribution in [-0.4, -0.2) is 70.2 Å². The number of methoxy groups -OCH3 is 1. The Morgan fingerprint density at radius 2 is 2.22 bits per heavy atom. The zero-order valence-electron chi connectivity index (χ0n) is 20.3. The molecule has 0 unspecified atom stereocenters. The fourth-order valence-corrected chi connectivity index (χ4v) is 4.25. The van der Waals surface area contributed by atoms with Crippen molar-refractivity contribution in [3.63, 3.8) is 0 Å². The van der Waals surface area contributed by atoms with Gasteiger partial charge in [-0.3, -0.25) is 5.10 Å². The van der Waals surface area contributed by atoms with Crippen LogP contribution in [0.2, 0.25) is 0 Å². The number of aliphatic imine (C=N–C) groups is 1. The highest BCUT2D eigenvalue weighted by molar-refractivity contribution is 6.08. The van der Waals surface area contributed by atoms with Gasteiger partial charge in [-0.05, 0) is 18.2 Å². The highest BCUT2D eigenvalue weighted by Crippen LogP contribution is 2.33. The van der Waals surface area contributed by atoms with E-state index in [0.29, 0.717) is 36.3 Å². The summed E-state index contributed by atoms with van der Waals surface area (Å²) in [5.41, 5.74) is 4.11. The molecule has 10 heteroatoms. The van der Waals surface area contributed by atoms with Crippen LogP contribution in [0.25, 0.3) is 16.6 Å². The van der Waals surface area contributed by atoms with Gasteiger partial charge in [-0.15, -0.1) is 0 Å². The number of hydrogen-bond donors (Lipinski definition) is 3. The Morgan fingerprint density at radius 1 is 1.33 bits per heavy atom. The van der Waals surface area contributed by atoms with E-state index in [1.807, 2.05) is 54.2 Å². The van der Waals surface area contributed by atoms with Crippen molar-refractivity contribution in [1.82, 2.24) is 19.7 Å². The fraction of sp³-hybridized carbons (Fsp3) is 0.269. The van der Waals surface area contributed by atoms with Gasteiger partial charge < -0.3 is 29.4 Å². The smallest absolute Gasteiger partial charge is 0.175 e. The van der Waals surface area contributed by atoms with E-state index in [9.17, 15) is 5.11 Å². The van der Waals surface area contributed by atoms with Crippen molar-refractivity contribution in [3.8, 4) is 5.75 Å². The Balaban J connectivity index is 1.45. The molecule has 2 aromatic heterocycles. The highest BCUT2D eigenvalue weighted by Gasteiger charge is 2.23. The molecule has 36 heavy (non-hydrogen) atoms. The second kappa shape index (κ2) is 10.2. The number of aryl methyl sites for hydroxylation is 1. The van der Waals surface area contributed by atoms with Gasteiger partial charge in [-0.1, -0.05) is 18.7 Å². The van der Waals surface area contributed by atoms with Crippen LogP contribution in [0.3, 0.4) is 0 Å². The number of fused-ring (bicyclic) bond motifs is 1. The lowest BCUT2D eigenvalue weighted by Gasteiger charge is -2.34. The van der Waals surface area contributed by atoms with Crippen LogP contribution in [-0.2, 0) is 11.8 Å². The first-order valence-corrected chi connectivity index (χ1v) is 11.7. The Bertz CT molecular complexity index is 1410. The van der Waals surface area contributed by atoms with Crippen molar-refractivity contribution in [2.24, 2.45) is 12.0 Å². The van der Waals surface area contributed by atoms with E-state index in [2.05, 4.69) is 32.0 Å². The second-order valence-corrected chi connectivity index (χ2v) is 8.57. The lowest BCUT2D eigenvalue weighted by molar-refractivity contribution is 0.00347. The number of anilines is 2. The van der Waals surface area contributed by atoms with Gasteiger partial charge in [-0.2, -0.15) is 5.10 Å². The Morgan fingerprint density at radius 3 is 3.00 bits per heavy atom. The standard InChI is InChI=1S/C26H29N7O3/c1-17(18-4-5-19-14-28-31-22(19)12-18)29-25(26-27-8-9-32(26)2)30-20-6-7-23(24(13-20)35-3)33-10-11-36-21(15-33)16-34/h4-9,12-14,21,34H,1,10-11,15-16H2,2-3H3,(H,28,31)(H,29,30)/t21-/m1/s1. The number of benzene rings is 2. The lowest BCUT2D eigenvalue weighted by Crippen LogP contribution is -2.44. The zero-order chi connectivity index (χ0) is 25.1. The maximum atomic E-state index is 9.51. The molecule has 0 radical (unpaired) electrons. The van der Waals surface area contributed by atoms with Crippen molar-refractivity contribution in [2.45, 2.75) is 6.10 Å². The lowest BCUT2D eigenvalue weighted by atomic mass is 10.1. The van der Waals surface area contributed by atoms with Gasteiger partial charge in [0.15, 0.2) is 11.7 Å². The Labute approximate surface area is 208 Å². The SMILES string of the molecule is C=C(N=C(Nc1ccc(N2CCO[C@@H](CO)C2)c(OC)c1)c1nccn1C)c1ccc2cn[nH]c2c1. The number of amidine groups is 1. The van der Waals surface area contributed by atoms with E-state index >= 15 is 0 Å². The first kappa shape index (κ1) is 23.6. The van der Waals surface area contributed by atoms with Gasteiger partial charge in [0.2, 0.25) is 0 Å². The number of H-pyrrole nitrogens is 1. The molecule has 0 amide bonds. The second-order valence-electron chi connectivity index (χ2n) is 8.57. The largest absolute Gasteiger partial charge is 0.495 e. The predicted molar refractivity (Wildman–Crippen MR) is 141 cm³/mol. The van der Waals surface area contributed by atoms with Gasteiger partial charge in [-0.25, -0.2) is 9.98 Å². The van der Waals surface area contributed by atoms with Crippen molar-refractivity contribution < 1.29 is 14.6 Å². The Hall–Kier alpha value is -4.15. The summed E-state index contributed by atoms with van der Waals surface area (Å²) in [4.78, 5) is 11.5. The quantitative estimate of drug-likeness (QED) is 0.271. The van der Waals surface area contributed by atoms with Gasteiger partial charge in [0.1, 0.15) is 5.75 Å². The molecule has 1 aliphatic heterocycles. The maximum Gasteiger partial charge on any atom is 0.175 e. The molecular weight excluding hydrogens is 458 g/mol. The van der Waals surface area contributed by atoms with Crippen LogP contribution in [0.15, 0.2) is 66.6 Å². The predicted octanol–water partition coefficient (Wildman–Crippen LogP) is 3.03. The number of aliphatic hydroxyl groups is 1. The molecule has 0 bridgehead atoms. The molecule has 3 heterocycles. The average molecular weight is 488 g/mol. The number of rotatable bonds is 7. The molecular formula is C26H29N7O3. The molecule has 0 spiro atoms. The number of aliphatic hydroxyl groups excluding tert-OH is 1. The molecule has 1 atom stereocenters. The number of aromatic amines is 1. The molecule has 1 fully saturated rings. The zero-order valence-corrected chi connectivity index (χ0v) is 20.3. The number of imidazole rings is 1. The number of aromatic nitrogens is 4. The van der Waals surface area contributed by atoms with Crippen LogP contribution >= 0.6 is 0 Å². The van der Waals surface area contributed by atoms with Crippen molar-refractivity contribution in [3.05, 3.63) is 73.0 Å². The summed E-state index contributed by atoms with van der Waals surface area (Å²) in [7, 11) is 3.56. The average Bonchev–Trinajstić information content (AvgIpc) is 3.56. The molecule has 0 saturated carbocycles. The molecule has 10 nitrogen and oxygen atoms in total. The highest BCUT2D eigenvalue weighted by atomic mass is 16.5. The number of hydrogen-bond acceptors (Lipinski definition) is 7. The van der Waals surface area contributed by atoms with Crippen molar-refractivity contribution in [1.29, 1.82) is 0 Å². The summed E-state index contributed by atoms with van der Waals surface area (Å²) in [6, 6.07) is 11.8. The molecule has 5 rings (SSSR count). The van der Waals surface area contributed by atoms with E-state index in [0.717, 1.165) is 34.4 Å². The minimum atomic E-state index is -0.213.